The van der Waals surface area contributed by atoms with Gasteiger partial charge in [0.1, 0.15) is 5.65 Å². The SMILES string of the molecule is O=c1ccc2cnc(Nc3ccc4cn[nH]c4c3)nc2n1CC1CC1. The number of rotatable bonds is 4. The monoisotopic (exact) mass is 332 g/mol. The fourth-order valence-electron chi connectivity index (χ4n) is 3.01. The molecule has 0 amide bonds. The van der Waals surface area contributed by atoms with Crippen molar-refractivity contribution < 1.29 is 0 Å². The number of anilines is 2. The molecular formula is C18H16N6O. The van der Waals surface area contributed by atoms with Gasteiger partial charge in [0, 0.05) is 35.3 Å². The Balaban J connectivity index is 1.55. The van der Waals surface area contributed by atoms with Crippen LogP contribution in [0.2, 0.25) is 0 Å². The summed E-state index contributed by atoms with van der Waals surface area (Å²) < 4.78 is 1.76. The van der Waals surface area contributed by atoms with Crippen LogP contribution in [0.4, 0.5) is 11.6 Å². The Morgan fingerprint density at radius 2 is 2.04 bits per heavy atom. The number of aromatic amines is 1. The van der Waals surface area contributed by atoms with Crippen LogP contribution in [0.1, 0.15) is 12.8 Å². The topological polar surface area (TPSA) is 88.5 Å². The molecule has 0 aliphatic heterocycles. The van der Waals surface area contributed by atoms with E-state index in [0.717, 1.165) is 28.5 Å². The number of pyridine rings is 1. The molecule has 7 nitrogen and oxygen atoms in total. The first-order chi connectivity index (χ1) is 12.3. The average molecular weight is 332 g/mol. The molecule has 7 heteroatoms. The third-order valence-corrected chi connectivity index (χ3v) is 4.56. The molecule has 0 atom stereocenters. The minimum absolute atomic E-state index is 0.0112. The maximum atomic E-state index is 12.3. The van der Waals surface area contributed by atoms with E-state index < -0.39 is 0 Å². The predicted octanol–water partition coefficient (Wildman–Crippen LogP) is 2.82. The normalized spacial score (nSPS) is 14.2. The molecule has 1 fully saturated rings. The van der Waals surface area contributed by atoms with Gasteiger partial charge in [0.15, 0.2) is 0 Å². The van der Waals surface area contributed by atoms with Crippen molar-refractivity contribution in [3.05, 3.63) is 53.1 Å². The van der Waals surface area contributed by atoms with Crippen molar-refractivity contribution in [1.82, 2.24) is 24.7 Å². The summed E-state index contributed by atoms with van der Waals surface area (Å²) in [5, 5.41) is 12.1. The first-order valence-corrected chi connectivity index (χ1v) is 8.33. The van der Waals surface area contributed by atoms with Gasteiger partial charge in [0.2, 0.25) is 5.95 Å². The standard InChI is InChI=1S/C18H16N6O/c25-16-6-4-13-8-19-18(22-17(13)24(16)10-11-1-2-11)21-14-5-3-12-9-20-23-15(12)7-14/h3-9,11H,1-2,10H2,(H,20,23)(H,19,21,22). The Bertz CT molecular complexity index is 1140. The number of benzene rings is 1. The zero-order valence-electron chi connectivity index (χ0n) is 13.4. The second-order valence-corrected chi connectivity index (χ2v) is 6.50. The summed E-state index contributed by atoms with van der Waals surface area (Å²) >= 11 is 0. The van der Waals surface area contributed by atoms with E-state index in [0.29, 0.717) is 17.5 Å². The zero-order chi connectivity index (χ0) is 16.8. The summed E-state index contributed by atoms with van der Waals surface area (Å²) in [6, 6.07) is 9.26. The second kappa shape index (κ2) is 5.41. The van der Waals surface area contributed by atoms with Crippen LogP contribution >= 0.6 is 0 Å². The van der Waals surface area contributed by atoms with Gasteiger partial charge in [-0.1, -0.05) is 0 Å². The van der Waals surface area contributed by atoms with E-state index in [2.05, 4.69) is 25.5 Å². The van der Waals surface area contributed by atoms with Gasteiger partial charge in [0.05, 0.1) is 11.7 Å². The number of hydrogen-bond acceptors (Lipinski definition) is 5. The van der Waals surface area contributed by atoms with Crippen LogP contribution in [0.25, 0.3) is 21.9 Å². The largest absolute Gasteiger partial charge is 0.324 e. The van der Waals surface area contributed by atoms with Crippen molar-refractivity contribution in [3.63, 3.8) is 0 Å². The smallest absolute Gasteiger partial charge is 0.252 e. The van der Waals surface area contributed by atoms with Gasteiger partial charge in [-0.2, -0.15) is 10.1 Å². The highest BCUT2D eigenvalue weighted by molar-refractivity contribution is 5.82. The number of nitrogens with one attached hydrogen (secondary N) is 2. The van der Waals surface area contributed by atoms with Crippen molar-refractivity contribution in [2.75, 3.05) is 5.32 Å². The molecule has 1 aromatic carbocycles. The molecule has 1 aliphatic carbocycles. The highest BCUT2D eigenvalue weighted by Gasteiger charge is 2.23. The number of nitrogens with zero attached hydrogens (tertiary/aromatic N) is 4. The van der Waals surface area contributed by atoms with Gasteiger partial charge >= 0.3 is 0 Å². The summed E-state index contributed by atoms with van der Waals surface area (Å²) in [6.07, 6.45) is 5.90. The second-order valence-electron chi connectivity index (χ2n) is 6.50. The lowest BCUT2D eigenvalue weighted by molar-refractivity contribution is 0.622. The Morgan fingerprint density at radius 1 is 1.16 bits per heavy atom. The molecule has 3 heterocycles. The average Bonchev–Trinajstić information content (AvgIpc) is 3.32. The van der Waals surface area contributed by atoms with Crippen LogP contribution in [0.5, 0.6) is 0 Å². The first-order valence-electron chi connectivity index (χ1n) is 8.33. The third kappa shape index (κ3) is 2.63. The highest BCUT2D eigenvalue weighted by Crippen LogP contribution is 2.31. The van der Waals surface area contributed by atoms with Gasteiger partial charge in [-0.3, -0.25) is 14.5 Å². The maximum Gasteiger partial charge on any atom is 0.252 e. The summed E-state index contributed by atoms with van der Waals surface area (Å²) in [7, 11) is 0. The Labute approximate surface area is 142 Å². The summed E-state index contributed by atoms with van der Waals surface area (Å²) in [4.78, 5) is 21.2. The third-order valence-electron chi connectivity index (χ3n) is 4.56. The van der Waals surface area contributed by atoms with E-state index in [9.17, 15) is 4.79 Å². The van der Waals surface area contributed by atoms with Gasteiger partial charge < -0.3 is 5.32 Å². The van der Waals surface area contributed by atoms with Gasteiger partial charge in [-0.15, -0.1) is 0 Å². The lowest BCUT2D eigenvalue weighted by Crippen LogP contribution is -2.21. The van der Waals surface area contributed by atoms with Crippen molar-refractivity contribution in [3.8, 4) is 0 Å². The number of H-pyrrole nitrogens is 1. The molecule has 3 aromatic heterocycles. The number of aromatic nitrogens is 5. The van der Waals surface area contributed by atoms with E-state index in [-0.39, 0.29) is 5.56 Å². The first kappa shape index (κ1) is 14.2. The quantitative estimate of drug-likeness (QED) is 0.600. The van der Waals surface area contributed by atoms with Gasteiger partial charge in [-0.25, -0.2) is 4.98 Å². The lowest BCUT2D eigenvalue weighted by atomic mass is 10.2. The van der Waals surface area contributed by atoms with E-state index in [1.165, 1.54) is 12.8 Å². The fraction of sp³-hybridized carbons (Fsp3) is 0.222. The van der Waals surface area contributed by atoms with Crippen LogP contribution in [0.15, 0.2) is 47.5 Å². The minimum Gasteiger partial charge on any atom is -0.324 e. The van der Waals surface area contributed by atoms with E-state index in [1.807, 2.05) is 18.2 Å². The van der Waals surface area contributed by atoms with Crippen LogP contribution in [0.3, 0.4) is 0 Å². The van der Waals surface area contributed by atoms with Crippen molar-refractivity contribution in [2.24, 2.45) is 5.92 Å². The number of fused-ring (bicyclic) bond motifs is 2. The molecular weight excluding hydrogens is 316 g/mol. The van der Waals surface area contributed by atoms with Crippen LogP contribution in [-0.2, 0) is 6.54 Å². The molecule has 0 bridgehead atoms. The molecule has 5 rings (SSSR count). The molecule has 1 saturated carbocycles. The molecule has 4 aromatic rings. The van der Waals surface area contributed by atoms with Crippen LogP contribution < -0.4 is 10.9 Å². The van der Waals surface area contributed by atoms with E-state index >= 15 is 0 Å². The van der Waals surface area contributed by atoms with E-state index in [4.69, 9.17) is 0 Å². The lowest BCUT2D eigenvalue weighted by Gasteiger charge is -2.10. The Kier molecular flexibility index (Phi) is 3.06. The van der Waals surface area contributed by atoms with Crippen molar-refractivity contribution in [1.29, 1.82) is 0 Å². The maximum absolute atomic E-state index is 12.3. The minimum atomic E-state index is -0.0112. The molecule has 2 N–H and O–H groups in total. The summed E-state index contributed by atoms with van der Waals surface area (Å²) in [5.74, 6) is 1.07. The predicted molar refractivity (Wildman–Crippen MR) is 95.9 cm³/mol. The molecule has 1 aliphatic rings. The molecule has 25 heavy (non-hydrogen) atoms. The van der Waals surface area contributed by atoms with Crippen LogP contribution in [-0.4, -0.2) is 24.7 Å². The van der Waals surface area contributed by atoms with Crippen LogP contribution in [0, 0.1) is 5.92 Å². The van der Waals surface area contributed by atoms with Gasteiger partial charge in [0.25, 0.3) is 5.56 Å². The Morgan fingerprint density at radius 3 is 2.92 bits per heavy atom. The van der Waals surface area contributed by atoms with Gasteiger partial charge in [-0.05, 0) is 43.0 Å². The zero-order valence-corrected chi connectivity index (χ0v) is 13.4. The summed E-state index contributed by atoms with van der Waals surface area (Å²) in [5.41, 5.74) is 2.47. The van der Waals surface area contributed by atoms with Crippen molar-refractivity contribution in [2.45, 2.75) is 19.4 Å². The molecule has 0 saturated heterocycles. The highest BCUT2D eigenvalue weighted by atomic mass is 16.1. The molecule has 0 radical (unpaired) electrons. The Hall–Kier alpha value is -3.22. The molecule has 0 spiro atoms. The fourth-order valence-corrected chi connectivity index (χ4v) is 3.01. The summed E-state index contributed by atoms with van der Waals surface area (Å²) in [6.45, 7) is 0.729. The van der Waals surface area contributed by atoms with Crippen molar-refractivity contribution >= 4 is 33.6 Å². The molecule has 124 valence electrons. The molecule has 0 unspecified atom stereocenters. The number of hydrogen-bond donors (Lipinski definition) is 2. The van der Waals surface area contributed by atoms with E-state index in [1.54, 1.807) is 29.1 Å².